The molecule has 0 spiro atoms. The van der Waals surface area contributed by atoms with Crippen LogP contribution in [-0.4, -0.2) is 11.9 Å². The molecule has 3 N–H and O–H groups in total. The van der Waals surface area contributed by atoms with E-state index in [9.17, 15) is 0 Å². The van der Waals surface area contributed by atoms with Gasteiger partial charge in [-0.25, -0.2) is 0 Å². The number of para-hydroxylation sites is 1. The van der Waals surface area contributed by atoms with E-state index in [-0.39, 0.29) is 11.9 Å². The van der Waals surface area contributed by atoms with Crippen LogP contribution in [0.25, 0.3) is 0 Å². The molecular weight excluding hydrogens is 176 g/mol. The zero-order chi connectivity index (χ0) is 10.6. The van der Waals surface area contributed by atoms with Gasteiger partial charge in [0.2, 0.25) is 0 Å². The molecule has 14 heavy (non-hydrogen) atoms. The van der Waals surface area contributed by atoms with Gasteiger partial charge in [0.15, 0.2) is 6.10 Å². The summed E-state index contributed by atoms with van der Waals surface area (Å²) in [5.74, 6) is 0.880. The molecule has 1 unspecified atom stereocenters. The number of rotatable bonds is 4. The Bertz CT molecular complexity index is 323. The first kappa shape index (κ1) is 10.6. The van der Waals surface area contributed by atoms with Gasteiger partial charge in [-0.1, -0.05) is 25.1 Å². The van der Waals surface area contributed by atoms with Crippen molar-refractivity contribution < 1.29 is 4.74 Å². The SMILES string of the molecule is CCC(Oc1ccccc1C)C(=N)N. The normalized spacial score (nSPS) is 12.1. The van der Waals surface area contributed by atoms with Crippen molar-refractivity contribution in [3.63, 3.8) is 0 Å². The minimum Gasteiger partial charge on any atom is -0.482 e. The second kappa shape index (κ2) is 4.65. The third-order valence-corrected chi connectivity index (χ3v) is 2.08. The van der Waals surface area contributed by atoms with Crippen molar-refractivity contribution >= 4 is 5.84 Å². The fraction of sp³-hybridized carbons (Fsp3) is 0.364. The maximum Gasteiger partial charge on any atom is 0.155 e. The van der Waals surface area contributed by atoms with E-state index in [0.717, 1.165) is 11.3 Å². The Hall–Kier alpha value is -1.51. The van der Waals surface area contributed by atoms with Crippen LogP contribution in [-0.2, 0) is 0 Å². The van der Waals surface area contributed by atoms with Crippen LogP contribution in [0.2, 0.25) is 0 Å². The number of aryl methyl sites for hydroxylation is 1. The van der Waals surface area contributed by atoms with Crippen LogP contribution >= 0.6 is 0 Å². The Morgan fingerprint density at radius 3 is 2.64 bits per heavy atom. The number of ether oxygens (including phenoxy) is 1. The summed E-state index contributed by atoms with van der Waals surface area (Å²) in [5, 5.41) is 7.32. The summed E-state index contributed by atoms with van der Waals surface area (Å²) in [7, 11) is 0. The zero-order valence-electron chi connectivity index (χ0n) is 8.58. The number of nitrogens with two attached hydrogens (primary N) is 1. The van der Waals surface area contributed by atoms with Gasteiger partial charge >= 0.3 is 0 Å². The molecule has 0 aliphatic heterocycles. The molecule has 0 fully saturated rings. The van der Waals surface area contributed by atoms with Gasteiger partial charge in [0, 0.05) is 0 Å². The summed E-state index contributed by atoms with van der Waals surface area (Å²) < 4.78 is 5.61. The van der Waals surface area contributed by atoms with Crippen LogP contribution in [0.15, 0.2) is 24.3 Å². The van der Waals surface area contributed by atoms with Crippen molar-refractivity contribution in [2.75, 3.05) is 0 Å². The van der Waals surface area contributed by atoms with Crippen LogP contribution in [0, 0.1) is 12.3 Å². The summed E-state index contributed by atoms with van der Waals surface area (Å²) >= 11 is 0. The number of amidine groups is 1. The summed E-state index contributed by atoms with van der Waals surface area (Å²) in [5.41, 5.74) is 6.47. The first-order valence-electron chi connectivity index (χ1n) is 4.71. The highest BCUT2D eigenvalue weighted by Gasteiger charge is 2.11. The van der Waals surface area contributed by atoms with Crippen LogP contribution in [0.1, 0.15) is 18.9 Å². The first-order valence-corrected chi connectivity index (χ1v) is 4.71. The lowest BCUT2D eigenvalue weighted by molar-refractivity contribution is 0.258. The Morgan fingerprint density at radius 2 is 2.14 bits per heavy atom. The van der Waals surface area contributed by atoms with Crippen LogP contribution in [0.3, 0.4) is 0 Å². The highest BCUT2D eigenvalue weighted by molar-refractivity contribution is 5.82. The average Bonchev–Trinajstić information content (AvgIpc) is 2.16. The molecule has 1 rings (SSSR count). The molecule has 3 nitrogen and oxygen atoms in total. The van der Waals surface area contributed by atoms with Gasteiger partial charge in [-0.2, -0.15) is 0 Å². The van der Waals surface area contributed by atoms with Crippen molar-refractivity contribution in [2.24, 2.45) is 5.73 Å². The third-order valence-electron chi connectivity index (χ3n) is 2.08. The Labute approximate surface area is 84.4 Å². The highest BCUT2D eigenvalue weighted by atomic mass is 16.5. The van der Waals surface area contributed by atoms with Crippen LogP contribution in [0.4, 0.5) is 0 Å². The predicted octanol–water partition coefficient (Wildman–Crippen LogP) is 2.09. The van der Waals surface area contributed by atoms with E-state index >= 15 is 0 Å². The molecule has 0 amide bonds. The minimum atomic E-state index is -0.309. The van der Waals surface area contributed by atoms with Crippen molar-refractivity contribution in [3.05, 3.63) is 29.8 Å². The molecule has 76 valence electrons. The standard InChI is InChI=1S/C11H16N2O/c1-3-9(11(12)13)14-10-7-5-4-6-8(10)2/h4-7,9H,3H2,1-2H3,(H3,12,13). The lowest BCUT2D eigenvalue weighted by Crippen LogP contribution is -2.32. The van der Waals surface area contributed by atoms with Crippen molar-refractivity contribution in [1.82, 2.24) is 0 Å². The zero-order valence-corrected chi connectivity index (χ0v) is 8.58. The molecule has 0 radical (unpaired) electrons. The molecule has 0 aromatic heterocycles. The molecule has 0 bridgehead atoms. The van der Waals surface area contributed by atoms with E-state index in [0.29, 0.717) is 6.42 Å². The number of hydrogen-bond donors (Lipinski definition) is 2. The van der Waals surface area contributed by atoms with Crippen molar-refractivity contribution in [2.45, 2.75) is 26.4 Å². The summed E-state index contributed by atoms with van der Waals surface area (Å²) in [6.45, 7) is 3.92. The van der Waals surface area contributed by atoms with Gasteiger partial charge in [-0.05, 0) is 25.0 Å². The van der Waals surface area contributed by atoms with Crippen LogP contribution in [0.5, 0.6) is 5.75 Å². The lowest BCUT2D eigenvalue weighted by Gasteiger charge is -2.17. The second-order valence-electron chi connectivity index (χ2n) is 3.24. The second-order valence-corrected chi connectivity index (χ2v) is 3.24. The van der Waals surface area contributed by atoms with Gasteiger partial charge in [-0.15, -0.1) is 0 Å². The number of benzene rings is 1. The molecule has 0 aliphatic carbocycles. The Kier molecular flexibility index (Phi) is 3.51. The largest absolute Gasteiger partial charge is 0.482 e. The molecule has 0 aliphatic rings. The molecule has 0 saturated heterocycles. The first-order chi connectivity index (χ1) is 6.65. The fourth-order valence-corrected chi connectivity index (χ4v) is 1.21. The molecular formula is C11H16N2O. The van der Waals surface area contributed by atoms with Gasteiger partial charge in [0.05, 0.1) is 0 Å². The van der Waals surface area contributed by atoms with Gasteiger partial charge in [-0.3, -0.25) is 5.41 Å². The van der Waals surface area contributed by atoms with E-state index in [1.165, 1.54) is 0 Å². The fourth-order valence-electron chi connectivity index (χ4n) is 1.21. The molecule has 0 heterocycles. The molecule has 0 saturated carbocycles. The Morgan fingerprint density at radius 1 is 1.50 bits per heavy atom. The van der Waals surface area contributed by atoms with Gasteiger partial charge in [0.25, 0.3) is 0 Å². The topological polar surface area (TPSA) is 59.1 Å². The van der Waals surface area contributed by atoms with E-state index in [4.69, 9.17) is 15.9 Å². The summed E-state index contributed by atoms with van der Waals surface area (Å²) in [4.78, 5) is 0. The van der Waals surface area contributed by atoms with Crippen molar-refractivity contribution in [3.8, 4) is 5.75 Å². The van der Waals surface area contributed by atoms with E-state index in [2.05, 4.69) is 0 Å². The van der Waals surface area contributed by atoms with E-state index in [1.807, 2.05) is 38.1 Å². The van der Waals surface area contributed by atoms with Gasteiger partial charge in [0.1, 0.15) is 11.6 Å². The summed E-state index contributed by atoms with van der Waals surface area (Å²) in [6, 6.07) is 7.73. The van der Waals surface area contributed by atoms with E-state index in [1.54, 1.807) is 0 Å². The van der Waals surface area contributed by atoms with E-state index < -0.39 is 0 Å². The maximum absolute atomic E-state index is 7.32. The van der Waals surface area contributed by atoms with Crippen LogP contribution < -0.4 is 10.5 Å². The Balaban J connectivity index is 2.77. The van der Waals surface area contributed by atoms with Gasteiger partial charge < -0.3 is 10.5 Å². The smallest absolute Gasteiger partial charge is 0.155 e. The molecule has 3 heteroatoms. The predicted molar refractivity (Wildman–Crippen MR) is 57.8 cm³/mol. The highest BCUT2D eigenvalue weighted by Crippen LogP contribution is 2.18. The van der Waals surface area contributed by atoms with Crippen molar-refractivity contribution in [1.29, 1.82) is 5.41 Å². The maximum atomic E-state index is 7.32. The number of hydrogen-bond acceptors (Lipinski definition) is 2. The quantitative estimate of drug-likeness (QED) is 0.567. The lowest BCUT2D eigenvalue weighted by atomic mass is 10.2. The summed E-state index contributed by atoms with van der Waals surface area (Å²) in [6.07, 6.45) is 0.403. The molecule has 1 aromatic rings. The monoisotopic (exact) mass is 192 g/mol. The molecule has 1 aromatic carbocycles. The average molecular weight is 192 g/mol. The third kappa shape index (κ3) is 2.49. The number of nitrogens with one attached hydrogen (secondary N) is 1. The minimum absolute atomic E-state index is 0.0794. The molecule has 1 atom stereocenters.